The Morgan fingerprint density at radius 3 is 2.50 bits per heavy atom. The fraction of sp³-hybridized carbons (Fsp3) is 0.176. The fourth-order valence-electron chi connectivity index (χ4n) is 2.59. The Bertz CT molecular complexity index is 699. The lowest BCUT2D eigenvalue weighted by molar-refractivity contribution is -0.164. The van der Waals surface area contributed by atoms with Crippen molar-refractivity contribution in [2.45, 2.75) is 19.1 Å². The highest BCUT2D eigenvalue weighted by Crippen LogP contribution is 2.36. The van der Waals surface area contributed by atoms with Crippen molar-refractivity contribution in [3.05, 3.63) is 71.3 Å². The highest BCUT2D eigenvalue weighted by Gasteiger charge is 2.38. The number of carbonyl (C=O) groups is 2. The summed E-state index contributed by atoms with van der Waals surface area (Å²) in [5.41, 5.74) is 2.12. The molecule has 1 amide bonds. The number of aliphatic carboxylic acids is 1. The first-order valence-electron chi connectivity index (χ1n) is 6.98. The summed E-state index contributed by atoms with van der Waals surface area (Å²) in [6.45, 7) is 0.219. The number of rotatable bonds is 5. The minimum absolute atomic E-state index is 0.183. The first kappa shape index (κ1) is 14.3. The van der Waals surface area contributed by atoms with Crippen molar-refractivity contribution in [3.63, 3.8) is 0 Å². The van der Waals surface area contributed by atoms with Gasteiger partial charge in [0.15, 0.2) is 0 Å². The molecule has 1 aliphatic rings. The summed E-state index contributed by atoms with van der Waals surface area (Å²) in [5.74, 6) is -1.26. The van der Waals surface area contributed by atoms with Crippen LogP contribution >= 0.6 is 0 Å². The predicted octanol–water partition coefficient (Wildman–Crippen LogP) is 2.79. The lowest BCUT2D eigenvalue weighted by atomic mass is 10.0. The van der Waals surface area contributed by atoms with E-state index in [1.54, 1.807) is 24.3 Å². The molecule has 0 aromatic heterocycles. The molecule has 2 aromatic rings. The number of hydroxylamine groups is 2. The molecule has 0 bridgehead atoms. The third-order valence-corrected chi connectivity index (χ3v) is 3.61. The highest BCUT2D eigenvalue weighted by atomic mass is 16.7. The maximum Gasteiger partial charge on any atom is 0.305 e. The number of hydrogen-bond donors (Lipinski definition) is 1. The fourth-order valence-corrected chi connectivity index (χ4v) is 2.59. The molecular weight excluding hydrogens is 282 g/mol. The predicted molar refractivity (Wildman–Crippen MR) is 78.8 cm³/mol. The van der Waals surface area contributed by atoms with E-state index in [1.165, 1.54) is 5.06 Å². The van der Waals surface area contributed by atoms with E-state index in [0.29, 0.717) is 11.1 Å². The average molecular weight is 297 g/mol. The quantitative estimate of drug-likeness (QED) is 0.921. The Morgan fingerprint density at radius 1 is 1.09 bits per heavy atom. The van der Waals surface area contributed by atoms with Crippen LogP contribution in [0.3, 0.4) is 0 Å². The minimum atomic E-state index is -0.970. The second-order valence-electron chi connectivity index (χ2n) is 5.09. The van der Waals surface area contributed by atoms with E-state index in [4.69, 9.17) is 9.94 Å². The van der Waals surface area contributed by atoms with Gasteiger partial charge in [-0.3, -0.25) is 14.4 Å². The SMILES string of the molecule is O=C(O)CC1c2ccccc2C(=O)N1OCc1ccccc1. The highest BCUT2D eigenvalue weighted by molar-refractivity contribution is 5.98. The molecule has 5 heteroatoms. The van der Waals surface area contributed by atoms with Crippen molar-refractivity contribution in [2.24, 2.45) is 0 Å². The first-order chi connectivity index (χ1) is 10.7. The zero-order chi connectivity index (χ0) is 15.5. The van der Waals surface area contributed by atoms with Gasteiger partial charge in [-0.25, -0.2) is 5.06 Å². The van der Waals surface area contributed by atoms with Crippen LogP contribution in [0.5, 0.6) is 0 Å². The molecule has 112 valence electrons. The molecule has 3 rings (SSSR count). The summed E-state index contributed by atoms with van der Waals surface area (Å²) in [5, 5.41) is 10.3. The molecule has 22 heavy (non-hydrogen) atoms. The molecule has 1 N–H and O–H groups in total. The van der Waals surface area contributed by atoms with E-state index in [9.17, 15) is 9.59 Å². The lowest BCUT2D eigenvalue weighted by Gasteiger charge is -2.23. The van der Waals surface area contributed by atoms with Gasteiger partial charge in [0.2, 0.25) is 0 Å². The standard InChI is InChI=1S/C17H15NO4/c19-16(20)10-15-13-8-4-5-9-14(13)17(21)18(15)22-11-12-6-2-1-3-7-12/h1-9,15H,10-11H2,(H,19,20). The number of nitrogens with zero attached hydrogens (tertiary/aromatic N) is 1. The zero-order valence-corrected chi connectivity index (χ0v) is 11.8. The Balaban J connectivity index is 1.83. The zero-order valence-electron chi connectivity index (χ0n) is 11.8. The van der Waals surface area contributed by atoms with Crippen LogP contribution in [0.25, 0.3) is 0 Å². The number of benzene rings is 2. The smallest absolute Gasteiger partial charge is 0.305 e. The lowest BCUT2D eigenvalue weighted by Crippen LogP contribution is -2.29. The molecule has 0 saturated carbocycles. The van der Waals surface area contributed by atoms with Gasteiger partial charge in [-0.2, -0.15) is 0 Å². The van der Waals surface area contributed by atoms with Gasteiger partial charge in [-0.15, -0.1) is 0 Å². The van der Waals surface area contributed by atoms with Gasteiger partial charge in [-0.1, -0.05) is 48.5 Å². The monoisotopic (exact) mass is 297 g/mol. The number of hydrogen-bond acceptors (Lipinski definition) is 3. The van der Waals surface area contributed by atoms with Crippen molar-refractivity contribution >= 4 is 11.9 Å². The normalized spacial score (nSPS) is 16.6. The summed E-state index contributed by atoms with van der Waals surface area (Å²) >= 11 is 0. The molecule has 2 aromatic carbocycles. The molecule has 5 nitrogen and oxygen atoms in total. The third-order valence-electron chi connectivity index (χ3n) is 3.61. The summed E-state index contributed by atoms with van der Waals surface area (Å²) in [6, 6.07) is 15.9. The van der Waals surface area contributed by atoms with Crippen LogP contribution < -0.4 is 0 Å². The van der Waals surface area contributed by atoms with Crippen molar-refractivity contribution in [3.8, 4) is 0 Å². The van der Waals surface area contributed by atoms with Gasteiger partial charge >= 0.3 is 5.97 Å². The Labute approximate surface area is 127 Å². The topological polar surface area (TPSA) is 66.8 Å². The number of fused-ring (bicyclic) bond motifs is 1. The molecule has 0 saturated heterocycles. The van der Waals surface area contributed by atoms with Crippen LogP contribution in [-0.4, -0.2) is 22.0 Å². The minimum Gasteiger partial charge on any atom is -0.481 e. The van der Waals surface area contributed by atoms with Crippen molar-refractivity contribution < 1.29 is 19.5 Å². The van der Waals surface area contributed by atoms with Crippen molar-refractivity contribution in [2.75, 3.05) is 0 Å². The third kappa shape index (κ3) is 2.71. The molecular formula is C17H15NO4. The molecule has 0 aliphatic carbocycles. The van der Waals surface area contributed by atoms with Gasteiger partial charge < -0.3 is 5.11 Å². The van der Waals surface area contributed by atoms with Crippen LogP contribution in [0.2, 0.25) is 0 Å². The molecule has 1 unspecified atom stereocenters. The van der Waals surface area contributed by atoms with Gasteiger partial charge in [0, 0.05) is 5.56 Å². The molecule has 0 radical (unpaired) electrons. The maximum absolute atomic E-state index is 12.4. The second-order valence-corrected chi connectivity index (χ2v) is 5.09. The molecule has 1 aliphatic heterocycles. The molecule has 1 heterocycles. The molecule has 0 spiro atoms. The summed E-state index contributed by atoms with van der Waals surface area (Å²) in [4.78, 5) is 29.1. The van der Waals surface area contributed by atoms with Crippen LogP contribution in [0.4, 0.5) is 0 Å². The van der Waals surface area contributed by atoms with Crippen LogP contribution in [0.15, 0.2) is 54.6 Å². The molecule has 1 atom stereocenters. The second kappa shape index (κ2) is 5.99. The van der Waals surface area contributed by atoms with Crippen LogP contribution in [-0.2, 0) is 16.2 Å². The van der Waals surface area contributed by atoms with E-state index in [0.717, 1.165) is 5.56 Å². The van der Waals surface area contributed by atoms with Gasteiger partial charge in [-0.05, 0) is 17.2 Å². The summed E-state index contributed by atoms with van der Waals surface area (Å²) in [6.07, 6.45) is -0.183. The van der Waals surface area contributed by atoms with Gasteiger partial charge in [0.05, 0.1) is 12.5 Å². The number of carboxylic acids is 1. The van der Waals surface area contributed by atoms with Crippen LogP contribution in [0.1, 0.15) is 33.9 Å². The Hall–Kier alpha value is -2.66. The molecule has 0 fully saturated rings. The van der Waals surface area contributed by atoms with E-state index in [1.807, 2.05) is 30.3 Å². The number of amides is 1. The summed E-state index contributed by atoms with van der Waals surface area (Å²) < 4.78 is 0. The van der Waals surface area contributed by atoms with E-state index < -0.39 is 12.0 Å². The Morgan fingerprint density at radius 2 is 1.77 bits per heavy atom. The Kier molecular flexibility index (Phi) is 3.89. The van der Waals surface area contributed by atoms with Crippen molar-refractivity contribution in [1.82, 2.24) is 5.06 Å². The van der Waals surface area contributed by atoms with E-state index in [2.05, 4.69) is 0 Å². The van der Waals surface area contributed by atoms with E-state index in [-0.39, 0.29) is 18.9 Å². The number of carbonyl (C=O) groups excluding carboxylic acids is 1. The van der Waals surface area contributed by atoms with Gasteiger partial charge in [0.25, 0.3) is 5.91 Å². The van der Waals surface area contributed by atoms with Crippen LogP contribution in [0, 0.1) is 0 Å². The summed E-state index contributed by atoms with van der Waals surface area (Å²) in [7, 11) is 0. The van der Waals surface area contributed by atoms with E-state index >= 15 is 0 Å². The van der Waals surface area contributed by atoms with Crippen molar-refractivity contribution in [1.29, 1.82) is 0 Å². The average Bonchev–Trinajstić information content (AvgIpc) is 2.79. The number of carboxylic acid groups (broad SMARTS) is 1. The first-order valence-corrected chi connectivity index (χ1v) is 6.98. The largest absolute Gasteiger partial charge is 0.481 e. The maximum atomic E-state index is 12.4. The van der Waals surface area contributed by atoms with Gasteiger partial charge in [0.1, 0.15) is 6.61 Å².